The number of hydrogen-bond donors (Lipinski definition) is 0. The van der Waals surface area contributed by atoms with Gasteiger partial charge in [-0.05, 0) is 25.0 Å². The van der Waals surface area contributed by atoms with Crippen LogP contribution >= 0.6 is 11.6 Å². The van der Waals surface area contributed by atoms with E-state index in [4.69, 9.17) is 11.6 Å². The normalized spacial score (nSPS) is 14.9. The molecule has 1 aliphatic heterocycles. The molecule has 0 radical (unpaired) electrons. The first-order chi connectivity index (χ1) is 7.09. The van der Waals surface area contributed by atoms with Crippen molar-refractivity contribution in [3.05, 3.63) is 32.8 Å². The molecule has 1 aromatic rings. The third kappa shape index (κ3) is 1.77. The Morgan fingerprint density at radius 2 is 2.13 bits per heavy atom. The molecule has 0 aromatic heterocycles. The molecule has 2 rings (SSSR count). The van der Waals surface area contributed by atoms with Gasteiger partial charge in [0.05, 0.1) is 4.92 Å². The molecule has 1 heterocycles. The van der Waals surface area contributed by atoms with Gasteiger partial charge in [-0.3, -0.25) is 10.1 Å². The summed E-state index contributed by atoms with van der Waals surface area (Å²) >= 11 is 5.85. The van der Waals surface area contributed by atoms with Crippen LogP contribution in [0.2, 0.25) is 5.02 Å². The minimum Gasteiger partial charge on any atom is -0.371 e. The van der Waals surface area contributed by atoms with E-state index in [0.29, 0.717) is 0 Å². The molecular formula is C10H11ClN2O2. The Kier molecular flexibility index (Phi) is 2.52. The Morgan fingerprint density at radius 3 is 2.60 bits per heavy atom. The zero-order chi connectivity index (χ0) is 11.0. The standard InChI is InChI=1S/C10H11ClN2O2/c1-7-5-10(13(14)15)8(11)6-9(7)12-3-2-4-12/h5-6H,2-4H2,1H3. The lowest BCUT2D eigenvalue weighted by Crippen LogP contribution is -2.37. The second-order valence-electron chi connectivity index (χ2n) is 3.69. The van der Waals surface area contributed by atoms with E-state index >= 15 is 0 Å². The highest BCUT2D eigenvalue weighted by Crippen LogP contribution is 2.34. The number of nitro benzene ring substituents is 1. The third-order valence-corrected chi connectivity index (χ3v) is 2.96. The minimum absolute atomic E-state index is 0.0153. The van der Waals surface area contributed by atoms with Crippen molar-refractivity contribution in [1.29, 1.82) is 0 Å². The fourth-order valence-electron chi connectivity index (χ4n) is 1.69. The molecule has 15 heavy (non-hydrogen) atoms. The quantitative estimate of drug-likeness (QED) is 0.576. The highest BCUT2D eigenvalue weighted by atomic mass is 35.5. The van der Waals surface area contributed by atoms with E-state index in [9.17, 15) is 10.1 Å². The van der Waals surface area contributed by atoms with Gasteiger partial charge in [0.2, 0.25) is 0 Å². The van der Waals surface area contributed by atoms with Crippen LogP contribution in [-0.4, -0.2) is 18.0 Å². The van der Waals surface area contributed by atoms with E-state index in [-0.39, 0.29) is 10.7 Å². The zero-order valence-electron chi connectivity index (χ0n) is 8.36. The summed E-state index contributed by atoms with van der Waals surface area (Å²) in [6, 6.07) is 3.23. The SMILES string of the molecule is Cc1cc([N+](=O)[O-])c(Cl)cc1N1CCC1. The second-order valence-corrected chi connectivity index (χ2v) is 4.10. The number of halogens is 1. The minimum atomic E-state index is -0.449. The van der Waals surface area contributed by atoms with Crippen LogP contribution in [0, 0.1) is 17.0 Å². The predicted octanol–water partition coefficient (Wildman–Crippen LogP) is 2.77. The van der Waals surface area contributed by atoms with E-state index in [1.165, 1.54) is 12.5 Å². The highest BCUT2D eigenvalue weighted by molar-refractivity contribution is 6.33. The molecule has 0 amide bonds. The van der Waals surface area contributed by atoms with Gasteiger partial charge >= 0.3 is 0 Å². The number of hydrogen-bond acceptors (Lipinski definition) is 3. The van der Waals surface area contributed by atoms with E-state index in [1.807, 2.05) is 6.92 Å². The van der Waals surface area contributed by atoms with Crippen molar-refractivity contribution in [3.63, 3.8) is 0 Å². The van der Waals surface area contributed by atoms with Gasteiger partial charge in [0.15, 0.2) is 0 Å². The molecule has 4 nitrogen and oxygen atoms in total. The van der Waals surface area contributed by atoms with Crippen LogP contribution in [0.3, 0.4) is 0 Å². The molecule has 1 fully saturated rings. The Balaban J connectivity index is 2.42. The maximum atomic E-state index is 10.6. The van der Waals surface area contributed by atoms with Gasteiger partial charge in [0.25, 0.3) is 5.69 Å². The number of anilines is 1. The molecule has 0 saturated carbocycles. The Bertz CT molecular complexity index is 416. The van der Waals surface area contributed by atoms with Gasteiger partial charge in [-0.2, -0.15) is 0 Å². The summed E-state index contributed by atoms with van der Waals surface area (Å²) in [6.45, 7) is 3.89. The van der Waals surface area contributed by atoms with Crippen molar-refractivity contribution in [1.82, 2.24) is 0 Å². The number of benzene rings is 1. The fraction of sp³-hybridized carbons (Fsp3) is 0.400. The van der Waals surface area contributed by atoms with E-state index in [2.05, 4.69) is 4.90 Å². The summed E-state index contributed by atoms with van der Waals surface area (Å²) in [5, 5.41) is 10.9. The zero-order valence-corrected chi connectivity index (χ0v) is 9.12. The van der Waals surface area contributed by atoms with Crippen molar-refractivity contribution < 1.29 is 4.92 Å². The predicted molar refractivity (Wildman–Crippen MR) is 59.7 cm³/mol. The Labute approximate surface area is 92.6 Å². The van der Waals surface area contributed by atoms with Crippen LogP contribution in [0.5, 0.6) is 0 Å². The lowest BCUT2D eigenvalue weighted by Gasteiger charge is -2.34. The molecule has 0 unspecified atom stereocenters. The molecule has 1 saturated heterocycles. The van der Waals surface area contributed by atoms with Crippen molar-refractivity contribution in [2.75, 3.05) is 18.0 Å². The molecular weight excluding hydrogens is 216 g/mol. The average molecular weight is 227 g/mol. The van der Waals surface area contributed by atoms with Crippen LogP contribution < -0.4 is 4.90 Å². The number of aryl methyl sites for hydroxylation is 1. The maximum absolute atomic E-state index is 10.6. The van der Waals surface area contributed by atoms with Crippen LogP contribution in [0.4, 0.5) is 11.4 Å². The topological polar surface area (TPSA) is 46.4 Å². The monoisotopic (exact) mass is 226 g/mol. The molecule has 0 N–H and O–H groups in total. The first kappa shape index (κ1) is 10.2. The van der Waals surface area contributed by atoms with Crippen molar-refractivity contribution in [2.24, 2.45) is 0 Å². The highest BCUT2D eigenvalue weighted by Gasteiger charge is 2.21. The van der Waals surface area contributed by atoms with Gasteiger partial charge in [-0.1, -0.05) is 11.6 Å². The van der Waals surface area contributed by atoms with Crippen LogP contribution in [0.25, 0.3) is 0 Å². The van der Waals surface area contributed by atoms with Gasteiger partial charge in [-0.25, -0.2) is 0 Å². The van der Waals surface area contributed by atoms with Gasteiger partial charge in [-0.15, -0.1) is 0 Å². The molecule has 5 heteroatoms. The average Bonchev–Trinajstić information content (AvgIpc) is 2.07. The molecule has 0 aliphatic carbocycles. The van der Waals surface area contributed by atoms with E-state index in [0.717, 1.165) is 24.3 Å². The van der Waals surface area contributed by atoms with Crippen LogP contribution in [0.1, 0.15) is 12.0 Å². The summed E-state index contributed by atoms with van der Waals surface area (Å²) in [6.07, 6.45) is 1.17. The first-order valence-corrected chi connectivity index (χ1v) is 5.17. The van der Waals surface area contributed by atoms with E-state index < -0.39 is 4.92 Å². The second kappa shape index (κ2) is 3.70. The molecule has 80 valence electrons. The largest absolute Gasteiger partial charge is 0.371 e. The Morgan fingerprint density at radius 1 is 1.47 bits per heavy atom. The number of nitro groups is 1. The Hall–Kier alpha value is -1.29. The molecule has 0 bridgehead atoms. The van der Waals surface area contributed by atoms with E-state index in [1.54, 1.807) is 6.07 Å². The number of nitrogens with zero attached hydrogens (tertiary/aromatic N) is 2. The molecule has 0 spiro atoms. The molecule has 1 aromatic carbocycles. The number of rotatable bonds is 2. The first-order valence-electron chi connectivity index (χ1n) is 4.79. The van der Waals surface area contributed by atoms with Gasteiger partial charge in [0.1, 0.15) is 5.02 Å². The summed E-state index contributed by atoms with van der Waals surface area (Å²) in [4.78, 5) is 12.4. The summed E-state index contributed by atoms with van der Waals surface area (Å²) in [5.41, 5.74) is 1.90. The third-order valence-electron chi connectivity index (χ3n) is 2.66. The summed E-state index contributed by atoms with van der Waals surface area (Å²) < 4.78 is 0. The smallest absolute Gasteiger partial charge is 0.288 e. The summed E-state index contributed by atoms with van der Waals surface area (Å²) in [5.74, 6) is 0. The van der Waals surface area contributed by atoms with Gasteiger partial charge in [0, 0.05) is 24.8 Å². The van der Waals surface area contributed by atoms with Crippen molar-refractivity contribution in [2.45, 2.75) is 13.3 Å². The molecule has 0 atom stereocenters. The lowest BCUT2D eigenvalue weighted by molar-refractivity contribution is -0.384. The molecule has 1 aliphatic rings. The van der Waals surface area contributed by atoms with Gasteiger partial charge < -0.3 is 4.90 Å². The fourth-order valence-corrected chi connectivity index (χ4v) is 1.92. The van der Waals surface area contributed by atoms with Crippen LogP contribution in [0.15, 0.2) is 12.1 Å². The van der Waals surface area contributed by atoms with Crippen molar-refractivity contribution in [3.8, 4) is 0 Å². The lowest BCUT2D eigenvalue weighted by atomic mass is 10.1. The van der Waals surface area contributed by atoms with Crippen molar-refractivity contribution >= 4 is 23.0 Å². The maximum Gasteiger partial charge on any atom is 0.288 e. The summed E-state index contributed by atoms with van der Waals surface area (Å²) in [7, 11) is 0. The van der Waals surface area contributed by atoms with Crippen LogP contribution in [-0.2, 0) is 0 Å².